The van der Waals surface area contributed by atoms with Crippen LogP contribution in [0.5, 0.6) is 0 Å². The minimum absolute atomic E-state index is 0.0449. The van der Waals surface area contributed by atoms with Gasteiger partial charge in [0.2, 0.25) is 5.91 Å². The van der Waals surface area contributed by atoms with Crippen molar-refractivity contribution < 1.29 is 4.79 Å². The molecule has 1 amide bonds. The Balaban J connectivity index is 2.64. The topological polar surface area (TPSA) is 57.8 Å². The first kappa shape index (κ1) is 8.77. The molecule has 0 spiro atoms. The Morgan fingerprint density at radius 3 is 2.83 bits per heavy atom. The third-order valence-corrected chi connectivity index (χ3v) is 1.55. The zero-order valence-corrected chi connectivity index (χ0v) is 7.51. The van der Waals surface area contributed by atoms with Crippen LogP contribution < -0.4 is 5.32 Å². The van der Waals surface area contributed by atoms with E-state index in [0.29, 0.717) is 0 Å². The maximum atomic E-state index is 10.7. The summed E-state index contributed by atoms with van der Waals surface area (Å²) in [5, 5.41) is 2.74. The van der Waals surface area contributed by atoms with E-state index < -0.39 is 0 Å². The van der Waals surface area contributed by atoms with Gasteiger partial charge in [-0.15, -0.1) is 0 Å². The number of aryl methyl sites for hydroxylation is 1. The van der Waals surface area contributed by atoms with Gasteiger partial charge < -0.3 is 10.3 Å². The first-order valence-corrected chi connectivity index (χ1v) is 3.88. The lowest BCUT2D eigenvalue weighted by Gasteiger charge is -2.08. The predicted octanol–water partition coefficient (Wildman–Crippen LogP) is 0.915. The number of imidazole rings is 1. The van der Waals surface area contributed by atoms with E-state index >= 15 is 0 Å². The number of hydrogen-bond donors (Lipinski definition) is 2. The van der Waals surface area contributed by atoms with Gasteiger partial charge in [0, 0.05) is 18.8 Å². The lowest BCUT2D eigenvalue weighted by Crippen LogP contribution is -2.24. The number of nitrogens with zero attached hydrogens (tertiary/aromatic N) is 1. The van der Waals surface area contributed by atoms with Crippen LogP contribution in [0, 0.1) is 6.92 Å². The SMILES string of the molecule is CC(=O)NC(C)c1ncc(C)[nH]1. The lowest BCUT2D eigenvalue weighted by atomic mass is 10.3. The lowest BCUT2D eigenvalue weighted by molar-refractivity contribution is -0.119. The normalized spacial score (nSPS) is 12.6. The maximum absolute atomic E-state index is 10.7. The molecule has 12 heavy (non-hydrogen) atoms. The molecule has 0 saturated carbocycles. The Hall–Kier alpha value is -1.32. The molecule has 1 aromatic rings. The standard InChI is InChI=1S/C8H13N3O/c1-5-4-9-8(10-5)6(2)11-7(3)12/h4,6H,1-3H3,(H,9,10)(H,11,12). The highest BCUT2D eigenvalue weighted by molar-refractivity contribution is 5.73. The van der Waals surface area contributed by atoms with E-state index in [0.717, 1.165) is 11.5 Å². The van der Waals surface area contributed by atoms with Crippen LogP contribution in [-0.2, 0) is 4.79 Å². The Labute approximate surface area is 71.4 Å². The molecule has 4 heteroatoms. The van der Waals surface area contributed by atoms with Crippen molar-refractivity contribution in [1.82, 2.24) is 15.3 Å². The molecule has 1 aromatic heterocycles. The summed E-state index contributed by atoms with van der Waals surface area (Å²) < 4.78 is 0. The summed E-state index contributed by atoms with van der Waals surface area (Å²) in [5.41, 5.74) is 1.00. The van der Waals surface area contributed by atoms with E-state index in [9.17, 15) is 4.79 Å². The Bertz CT molecular complexity index is 280. The molecule has 66 valence electrons. The summed E-state index contributed by atoms with van der Waals surface area (Å²) in [6.07, 6.45) is 1.74. The maximum Gasteiger partial charge on any atom is 0.217 e. The fourth-order valence-electron chi connectivity index (χ4n) is 1.03. The van der Waals surface area contributed by atoms with Crippen molar-refractivity contribution >= 4 is 5.91 Å². The molecule has 0 fully saturated rings. The average Bonchev–Trinajstić information content (AvgIpc) is 2.34. The molecule has 0 saturated heterocycles. The van der Waals surface area contributed by atoms with Gasteiger partial charge in [-0.05, 0) is 13.8 Å². The Kier molecular flexibility index (Phi) is 2.47. The van der Waals surface area contributed by atoms with Gasteiger partial charge in [-0.2, -0.15) is 0 Å². The summed E-state index contributed by atoms with van der Waals surface area (Å²) in [4.78, 5) is 17.8. The van der Waals surface area contributed by atoms with Gasteiger partial charge in [-0.3, -0.25) is 4.79 Å². The van der Waals surface area contributed by atoms with Crippen LogP contribution in [0.2, 0.25) is 0 Å². The van der Waals surface area contributed by atoms with Crippen LogP contribution in [-0.4, -0.2) is 15.9 Å². The van der Waals surface area contributed by atoms with Gasteiger partial charge in [0.1, 0.15) is 5.82 Å². The van der Waals surface area contributed by atoms with E-state index in [-0.39, 0.29) is 11.9 Å². The summed E-state index contributed by atoms with van der Waals surface area (Å²) in [7, 11) is 0. The fraction of sp³-hybridized carbons (Fsp3) is 0.500. The van der Waals surface area contributed by atoms with Crippen molar-refractivity contribution in [3.8, 4) is 0 Å². The molecule has 1 rings (SSSR count). The second-order valence-electron chi connectivity index (χ2n) is 2.87. The van der Waals surface area contributed by atoms with Gasteiger partial charge in [-0.1, -0.05) is 0 Å². The first-order valence-electron chi connectivity index (χ1n) is 3.88. The molecule has 0 aliphatic rings. The fourth-order valence-corrected chi connectivity index (χ4v) is 1.03. The second kappa shape index (κ2) is 3.38. The minimum Gasteiger partial charge on any atom is -0.347 e. The van der Waals surface area contributed by atoms with Gasteiger partial charge in [0.15, 0.2) is 0 Å². The number of nitrogens with one attached hydrogen (secondary N) is 2. The molecule has 1 heterocycles. The van der Waals surface area contributed by atoms with E-state index in [1.807, 2.05) is 13.8 Å². The molecular weight excluding hydrogens is 154 g/mol. The van der Waals surface area contributed by atoms with Crippen LogP contribution in [0.15, 0.2) is 6.20 Å². The molecular formula is C8H13N3O. The molecule has 1 unspecified atom stereocenters. The summed E-state index contributed by atoms with van der Waals surface area (Å²) in [5.74, 6) is 0.749. The van der Waals surface area contributed by atoms with Gasteiger partial charge in [0.05, 0.1) is 6.04 Å². The van der Waals surface area contributed by atoms with Crippen LogP contribution in [0.3, 0.4) is 0 Å². The highest BCUT2D eigenvalue weighted by Gasteiger charge is 2.08. The molecule has 4 nitrogen and oxygen atoms in total. The van der Waals surface area contributed by atoms with Gasteiger partial charge >= 0.3 is 0 Å². The van der Waals surface area contributed by atoms with Crippen LogP contribution in [0.1, 0.15) is 31.4 Å². The highest BCUT2D eigenvalue weighted by Crippen LogP contribution is 2.06. The van der Waals surface area contributed by atoms with Crippen molar-refractivity contribution in [1.29, 1.82) is 0 Å². The molecule has 2 N–H and O–H groups in total. The summed E-state index contributed by atoms with van der Waals surface area (Å²) in [6.45, 7) is 5.31. The number of rotatable bonds is 2. The summed E-state index contributed by atoms with van der Waals surface area (Å²) >= 11 is 0. The second-order valence-corrected chi connectivity index (χ2v) is 2.87. The molecule has 0 aliphatic carbocycles. The van der Waals surface area contributed by atoms with Crippen molar-refractivity contribution in [3.63, 3.8) is 0 Å². The Morgan fingerprint density at radius 2 is 2.42 bits per heavy atom. The monoisotopic (exact) mass is 167 g/mol. The largest absolute Gasteiger partial charge is 0.347 e. The predicted molar refractivity (Wildman–Crippen MR) is 45.6 cm³/mol. The van der Waals surface area contributed by atoms with Gasteiger partial charge in [-0.25, -0.2) is 4.98 Å². The van der Waals surface area contributed by atoms with Crippen molar-refractivity contribution in [2.75, 3.05) is 0 Å². The number of hydrogen-bond acceptors (Lipinski definition) is 2. The van der Waals surface area contributed by atoms with E-state index in [1.54, 1.807) is 6.20 Å². The van der Waals surface area contributed by atoms with Crippen LogP contribution in [0.4, 0.5) is 0 Å². The Morgan fingerprint density at radius 1 is 1.75 bits per heavy atom. The van der Waals surface area contributed by atoms with Crippen molar-refractivity contribution in [2.24, 2.45) is 0 Å². The number of aromatic amines is 1. The third kappa shape index (κ3) is 2.08. The zero-order chi connectivity index (χ0) is 9.14. The van der Waals surface area contributed by atoms with E-state index in [4.69, 9.17) is 0 Å². The highest BCUT2D eigenvalue weighted by atomic mass is 16.1. The van der Waals surface area contributed by atoms with E-state index in [2.05, 4.69) is 15.3 Å². The molecule has 0 radical (unpaired) electrons. The number of carbonyl (C=O) groups excluding carboxylic acids is 1. The van der Waals surface area contributed by atoms with E-state index in [1.165, 1.54) is 6.92 Å². The first-order chi connectivity index (χ1) is 5.59. The van der Waals surface area contributed by atoms with Crippen molar-refractivity contribution in [2.45, 2.75) is 26.8 Å². The molecule has 0 aromatic carbocycles. The quantitative estimate of drug-likeness (QED) is 0.688. The zero-order valence-electron chi connectivity index (χ0n) is 7.51. The molecule has 1 atom stereocenters. The van der Waals surface area contributed by atoms with Crippen LogP contribution in [0.25, 0.3) is 0 Å². The smallest absolute Gasteiger partial charge is 0.217 e. The number of amides is 1. The number of H-pyrrole nitrogens is 1. The number of aromatic nitrogens is 2. The van der Waals surface area contributed by atoms with Crippen LogP contribution >= 0.6 is 0 Å². The third-order valence-electron chi connectivity index (χ3n) is 1.55. The van der Waals surface area contributed by atoms with Gasteiger partial charge in [0.25, 0.3) is 0 Å². The average molecular weight is 167 g/mol. The molecule has 0 aliphatic heterocycles. The minimum atomic E-state index is -0.0452. The molecule has 0 bridgehead atoms. The number of carbonyl (C=O) groups is 1. The summed E-state index contributed by atoms with van der Waals surface area (Å²) in [6, 6.07) is -0.0452. The van der Waals surface area contributed by atoms with Crippen molar-refractivity contribution in [3.05, 3.63) is 17.7 Å².